The van der Waals surface area contributed by atoms with E-state index >= 15 is 0 Å². The van der Waals surface area contributed by atoms with Gasteiger partial charge in [-0.1, -0.05) is 30.3 Å². The third-order valence-electron chi connectivity index (χ3n) is 6.20. The van der Waals surface area contributed by atoms with E-state index in [0.29, 0.717) is 24.4 Å². The van der Waals surface area contributed by atoms with Crippen molar-refractivity contribution < 1.29 is 22.3 Å². The summed E-state index contributed by atoms with van der Waals surface area (Å²) in [6, 6.07) is 17.6. The molecule has 5 nitrogen and oxygen atoms in total. The Labute approximate surface area is 187 Å². The predicted octanol–water partition coefficient (Wildman–Crippen LogP) is 5.04. The molecule has 1 heterocycles. The van der Waals surface area contributed by atoms with Crippen LogP contribution in [0.25, 0.3) is 0 Å². The third kappa shape index (κ3) is 3.60. The minimum absolute atomic E-state index is 0.000332. The maximum absolute atomic E-state index is 13.8. The molecule has 3 aromatic rings. The van der Waals surface area contributed by atoms with Crippen molar-refractivity contribution in [3.63, 3.8) is 0 Å². The van der Waals surface area contributed by atoms with Crippen molar-refractivity contribution in [1.82, 2.24) is 0 Å². The topological polar surface area (TPSA) is 55.8 Å². The largest absolute Gasteiger partial charge is 0.494 e. The lowest BCUT2D eigenvalue weighted by molar-refractivity contribution is 0.207. The van der Waals surface area contributed by atoms with Gasteiger partial charge in [0.05, 0.1) is 17.7 Å². The predicted molar refractivity (Wildman–Crippen MR) is 120 cm³/mol. The maximum Gasteiger partial charge on any atom is 0.264 e. The number of hydrogen-bond donors (Lipinski definition) is 0. The van der Waals surface area contributed by atoms with Crippen molar-refractivity contribution in [3.8, 4) is 11.5 Å². The molecule has 0 spiro atoms. The standard InChI is InChI=1S/C25H24FNO4S/c1-30-25-16-20(11-12-22(25)26)32(28,29)27-14-4-6-18-8-10-19(15-23(18)27)31-24-13-9-17-5-2-3-7-21(17)24/h2-3,5,7-8,10-12,15-16,24H,4,6,9,13-14H2,1H3/t24-/m0/s1. The van der Waals surface area contributed by atoms with E-state index in [9.17, 15) is 12.8 Å². The van der Waals surface area contributed by atoms with Gasteiger partial charge in [-0.25, -0.2) is 12.8 Å². The maximum atomic E-state index is 13.8. The van der Waals surface area contributed by atoms with Crippen LogP contribution in [0.2, 0.25) is 0 Å². The summed E-state index contributed by atoms with van der Waals surface area (Å²) in [5.74, 6) is -0.0532. The second-order valence-electron chi connectivity index (χ2n) is 8.11. The highest BCUT2D eigenvalue weighted by Gasteiger charge is 2.31. The summed E-state index contributed by atoms with van der Waals surface area (Å²) in [6.07, 6.45) is 3.33. The number of methoxy groups -OCH3 is 1. The zero-order valence-corrected chi connectivity index (χ0v) is 18.6. The molecule has 1 atom stereocenters. The molecule has 2 aliphatic rings. The summed E-state index contributed by atoms with van der Waals surface area (Å²) in [5, 5.41) is 0. The fourth-order valence-corrected chi connectivity index (χ4v) is 6.13. The lowest BCUT2D eigenvalue weighted by Gasteiger charge is -2.31. The molecule has 0 radical (unpaired) electrons. The number of aryl methyl sites for hydroxylation is 2. The molecule has 0 unspecified atom stereocenters. The highest BCUT2D eigenvalue weighted by Crippen LogP contribution is 2.39. The van der Waals surface area contributed by atoms with Crippen LogP contribution in [-0.2, 0) is 22.9 Å². The van der Waals surface area contributed by atoms with Crippen LogP contribution < -0.4 is 13.8 Å². The second kappa shape index (κ2) is 8.13. The Bertz CT molecular complexity index is 1270. The lowest BCUT2D eigenvalue weighted by Crippen LogP contribution is -2.35. The van der Waals surface area contributed by atoms with Crippen LogP contribution in [-0.4, -0.2) is 22.1 Å². The SMILES string of the molecule is COc1cc(S(=O)(=O)N2CCCc3ccc(O[C@H]4CCc5ccccc54)cc32)ccc1F. The summed E-state index contributed by atoms with van der Waals surface area (Å²) in [4.78, 5) is -0.000332. The van der Waals surface area contributed by atoms with Crippen LogP contribution in [0, 0.1) is 5.82 Å². The van der Waals surface area contributed by atoms with Crippen LogP contribution in [0.15, 0.2) is 65.6 Å². The van der Waals surface area contributed by atoms with Gasteiger partial charge in [0.25, 0.3) is 10.0 Å². The van der Waals surface area contributed by atoms with Crippen molar-refractivity contribution >= 4 is 15.7 Å². The lowest BCUT2D eigenvalue weighted by atomic mass is 10.0. The number of hydrogen-bond acceptors (Lipinski definition) is 4. The Kier molecular flexibility index (Phi) is 5.29. The number of sulfonamides is 1. The number of anilines is 1. The zero-order chi connectivity index (χ0) is 22.3. The van der Waals surface area contributed by atoms with Crippen LogP contribution in [0.4, 0.5) is 10.1 Å². The van der Waals surface area contributed by atoms with Crippen LogP contribution in [0.5, 0.6) is 11.5 Å². The van der Waals surface area contributed by atoms with Gasteiger partial charge in [0.1, 0.15) is 11.9 Å². The number of fused-ring (bicyclic) bond motifs is 2. The first-order valence-corrected chi connectivity index (χ1v) is 12.1. The summed E-state index contributed by atoms with van der Waals surface area (Å²) in [6.45, 7) is 0.352. The van der Waals surface area contributed by atoms with E-state index in [2.05, 4.69) is 12.1 Å². The molecule has 0 aromatic heterocycles. The van der Waals surface area contributed by atoms with Crippen LogP contribution >= 0.6 is 0 Å². The minimum Gasteiger partial charge on any atom is -0.494 e. The Morgan fingerprint density at radius 1 is 1.00 bits per heavy atom. The Hall–Kier alpha value is -3.06. The van der Waals surface area contributed by atoms with E-state index in [1.54, 1.807) is 0 Å². The number of nitrogens with zero attached hydrogens (tertiary/aromatic N) is 1. The number of benzene rings is 3. The second-order valence-corrected chi connectivity index (χ2v) is 9.97. The molecule has 0 N–H and O–H groups in total. The monoisotopic (exact) mass is 453 g/mol. The fraction of sp³-hybridized carbons (Fsp3) is 0.280. The smallest absolute Gasteiger partial charge is 0.264 e. The van der Waals surface area contributed by atoms with Gasteiger partial charge in [-0.05, 0) is 60.6 Å². The van der Waals surface area contributed by atoms with E-state index < -0.39 is 15.8 Å². The van der Waals surface area contributed by atoms with Gasteiger partial charge in [-0.15, -0.1) is 0 Å². The highest BCUT2D eigenvalue weighted by molar-refractivity contribution is 7.92. The summed E-state index contributed by atoms with van der Waals surface area (Å²) >= 11 is 0. The van der Waals surface area contributed by atoms with Crippen molar-refractivity contribution in [2.75, 3.05) is 18.0 Å². The molecule has 7 heteroatoms. The average molecular weight is 454 g/mol. The Morgan fingerprint density at radius 2 is 1.84 bits per heavy atom. The van der Waals surface area contributed by atoms with Gasteiger partial charge in [-0.2, -0.15) is 0 Å². The van der Waals surface area contributed by atoms with Crippen LogP contribution in [0.3, 0.4) is 0 Å². The van der Waals surface area contributed by atoms with E-state index in [1.807, 2.05) is 30.3 Å². The first kappa shape index (κ1) is 20.8. The molecule has 0 fully saturated rings. The molecule has 166 valence electrons. The van der Waals surface area contributed by atoms with Gasteiger partial charge in [0.2, 0.25) is 0 Å². The molecule has 3 aromatic carbocycles. The molecular weight excluding hydrogens is 429 g/mol. The average Bonchev–Trinajstić information content (AvgIpc) is 3.21. The number of ether oxygens (including phenoxy) is 2. The molecule has 0 bridgehead atoms. The fourth-order valence-electron chi connectivity index (χ4n) is 4.58. The normalized spacial score (nSPS) is 17.6. The zero-order valence-electron chi connectivity index (χ0n) is 17.8. The third-order valence-corrected chi connectivity index (χ3v) is 8.01. The van der Waals surface area contributed by atoms with Gasteiger partial charge >= 0.3 is 0 Å². The van der Waals surface area contributed by atoms with E-state index in [-0.39, 0.29) is 16.7 Å². The summed E-state index contributed by atoms with van der Waals surface area (Å²) in [5.41, 5.74) is 4.05. The van der Waals surface area contributed by atoms with Gasteiger partial charge in [0, 0.05) is 18.7 Å². The minimum atomic E-state index is -3.89. The van der Waals surface area contributed by atoms with Crippen molar-refractivity contribution in [2.45, 2.75) is 36.7 Å². The molecule has 0 amide bonds. The highest BCUT2D eigenvalue weighted by atomic mass is 32.2. The Balaban J connectivity index is 1.48. The first-order chi connectivity index (χ1) is 15.5. The summed E-state index contributed by atoms with van der Waals surface area (Å²) in [7, 11) is -2.57. The molecular formula is C25H24FNO4S. The molecule has 32 heavy (non-hydrogen) atoms. The van der Waals surface area contributed by atoms with Gasteiger partial charge in [-0.3, -0.25) is 4.31 Å². The first-order valence-electron chi connectivity index (χ1n) is 10.7. The van der Waals surface area contributed by atoms with Gasteiger partial charge in [0.15, 0.2) is 11.6 Å². The number of halogens is 1. The molecule has 0 saturated carbocycles. The number of rotatable bonds is 5. The molecule has 5 rings (SSSR count). The summed E-state index contributed by atoms with van der Waals surface area (Å²) < 4.78 is 53.4. The molecule has 0 saturated heterocycles. The van der Waals surface area contributed by atoms with Crippen molar-refractivity contribution in [3.05, 3.63) is 83.2 Å². The van der Waals surface area contributed by atoms with Crippen molar-refractivity contribution in [1.29, 1.82) is 0 Å². The van der Waals surface area contributed by atoms with E-state index in [1.165, 1.54) is 34.7 Å². The van der Waals surface area contributed by atoms with E-state index in [0.717, 1.165) is 30.9 Å². The van der Waals surface area contributed by atoms with Gasteiger partial charge < -0.3 is 9.47 Å². The van der Waals surface area contributed by atoms with Crippen LogP contribution in [0.1, 0.15) is 35.6 Å². The van der Waals surface area contributed by atoms with Crippen molar-refractivity contribution in [2.24, 2.45) is 0 Å². The molecule has 1 aliphatic carbocycles. The molecule has 1 aliphatic heterocycles. The van der Waals surface area contributed by atoms with E-state index in [4.69, 9.17) is 9.47 Å². The quantitative estimate of drug-likeness (QED) is 0.543. The Morgan fingerprint density at radius 3 is 2.69 bits per heavy atom.